The molecule has 1 aliphatic carbocycles. The van der Waals surface area contributed by atoms with Gasteiger partial charge in [0.15, 0.2) is 0 Å². The van der Waals surface area contributed by atoms with Crippen molar-refractivity contribution in [3.63, 3.8) is 0 Å². The molecule has 3 heterocycles. The number of carbonyl (C=O) groups is 2. The molecule has 57 heavy (non-hydrogen) atoms. The molecule has 8 rings (SSSR count). The molecule has 2 bridgehead atoms. The minimum Gasteiger partial charge on any atom is -0.490 e. The van der Waals surface area contributed by atoms with Gasteiger partial charge >= 0.3 is 6.09 Å². The van der Waals surface area contributed by atoms with Crippen LogP contribution in [0.3, 0.4) is 0 Å². The Labute approximate surface area is 340 Å². The molecule has 1 N–H and O–H groups in total. The number of sulfonamides is 1. The van der Waals surface area contributed by atoms with Crippen LogP contribution in [0.1, 0.15) is 85.0 Å². The Balaban J connectivity index is 1.03. The molecule has 0 spiro atoms. The summed E-state index contributed by atoms with van der Waals surface area (Å²) in [5, 5.41) is 5.37. The van der Waals surface area contributed by atoms with E-state index in [1.807, 2.05) is 98.5 Å². The number of piperidine rings is 2. The minimum atomic E-state index is -4.09. The zero-order valence-corrected chi connectivity index (χ0v) is 34.4. The smallest absolute Gasteiger partial charge is 0.407 e. The van der Waals surface area contributed by atoms with Crippen molar-refractivity contribution < 1.29 is 32.2 Å². The van der Waals surface area contributed by atoms with Crippen molar-refractivity contribution in [1.29, 1.82) is 0 Å². The van der Waals surface area contributed by atoms with E-state index in [2.05, 4.69) is 5.32 Å². The monoisotopic (exact) mass is 813 g/mol. The number of carbonyl (C=O) groups excluding carboxylic acids is 2. The molecule has 0 aromatic heterocycles. The van der Waals surface area contributed by atoms with Gasteiger partial charge in [0.25, 0.3) is 0 Å². The lowest BCUT2D eigenvalue weighted by atomic mass is 9.94. The highest BCUT2D eigenvalue weighted by Crippen LogP contribution is 2.39. The summed E-state index contributed by atoms with van der Waals surface area (Å²) < 4.78 is 49.0. The highest BCUT2D eigenvalue weighted by Gasteiger charge is 2.50. The molecule has 0 radical (unpaired) electrons. The summed E-state index contributed by atoms with van der Waals surface area (Å²) in [6.45, 7) is 5.62. The van der Waals surface area contributed by atoms with E-state index in [0.29, 0.717) is 30.0 Å². The highest BCUT2D eigenvalue weighted by atomic mass is 35.5. The Bertz CT molecular complexity index is 2190. The normalized spacial score (nSPS) is 24.4. The fourth-order valence-electron chi connectivity index (χ4n) is 9.16. The standard InChI is InChI=1S/C45H52ClN3O7S/c1-45(2,3)56-44(51)47-34-26-35-16-17-36(27-34)49(35)43(50)42-28-40(55-38-18-10-30(11-19-38)29-8-14-33(46)15-9-29)22-23-48(42)57(52,53)41-21-13-31-24-39(20-12-32(31)25-41)54-37-6-4-5-7-37/h8-15,18-21,24-25,34-37,40,42H,4-7,16-17,22-23,26-28H2,1-3H3,(H,47,51)/t34?,35?,36?,40-,42-/m0/s1. The van der Waals surface area contributed by atoms with Gasteiger partial charge in [-0.15, -0.1) is 0 Å². The van der Waals surface area contributed by atoms with Crippen LogP contribution in [0.25, 0.3) is 21.9 Å². The molecule has 4 aromatic rings. The van der Waals surface area contributed by atoms with Gasteiger partial charge in [-0.3, -0.25) is 4.79 Å². The Morgan fingerprint density at radius 3 is 1.98 bits per heavy atom. The number of amides is 2. The molecular formula is C45H52ClN3O7S. The van der Waals surface area contributed by atoms with Gasteiger partial charge in [0, 0.05) is 36.1 Å². The van der Waals surface area contributed by atoms with E-state index in [0.717, 1.165) is 53.3 Å². The zero-order valence-electron chi connectivity index (χ0n) is 32.9. The van der Waals surface area contributed by atoms with Crippen molar-refractivity contribution in [2.45, 2.75) is 132 Å². The van der Waals surface area contributed by atoms with Crippen molar-refractivity contribution in [2.24, 2.45) is 0 Å². The number of nitrogens with one attached hydrogen (secondary N) is 1. The molecule has 4 fully saturated rings. The minimum absolute atomic E-state index is 0.122. The van der Waals surface area contributed by atoms with Crippen molar-refractivity contribution in [2.75, 3.05) is 6.54 Å². The van der Waals surface area contributed by atoms with Crippen LogP contribution in [0.5, 0.6) is 11.5 Å². The van der Waals surface area contributed by atoms with Gasteiger partial charge in [-0.2, -0.15) is 4.31 Å². The van der Waals surface area contributed by atoms with Gasteiger partial charge < -0.3 is 24.4 Å². The molecule has 4 aromatic carbocycles. The van der Waals surface area contributed by atoms with E-state index in [9.17, 15) is 18.0 Å². The summed E-state index contributed by atoms with van der Waals surface area (Å²) in [5.41, 5.74) is 1.42. The van der Waals surface area contributed by atoms with Crippen molar-refractivity contribution >= 4 is 44.4 Å². The van der Waals surface area contributed by atoms with E-state index in [4.69, 9.17) is 25.8 Å². The topological polar surface area (TPSA) is 114 Å². The predicted molar refractivity (Wildman–Crippen MR) is 221 cm³/mol. The quantitative estimate of drug-likeness (QED) is 0.179. The highest BCUT2D eigenvalue weighted by molar-refractivity contribution is 7.89. The summed E-state index contributed by atoms with van der Waals surface area (Å²) in [7, 11) is -4.09. The molecule has 302 valence electrons. The third kappa shape index (κ3) is 8.91. The summed E-state index contributed by atoms with van der Waals surface area (Å²) in [4.78, 5) is 29.6. The third-order valence-electron chi connectivity index (χ3n) is 11.8. The first-order chi connectivity index (χ1) is 27.3. The van der Waals surface area contributed by atoms with Crippen LogP contribution >= 0.6 is 11.6 Å². The molecule has 4 aliphatic rings. The number of fused-ring (bicyclic) bond motifs is 3. The van der Waals surface area contributed by atoms with Gasteiger partial charge in [-0.05, 0) is 149 Å². The summed E-state index contributed by atoms with van der Waals surface area (Å²) >= 11 is 6.09. The number of halogens is 1. The van der Waals surface area contributed by atoms with Crippen molar-refractivity contribution in [3.05, 3.63) is 90.0 Å². The summed E-state index contributed by atoms with van der Waals surface area (Å²) in [6, 6.07) is 25.0. The number of hydrogen-bond acceptors (Lipinski definition) is 7. The van der Waals surface area contributed by atoms with Crippen LogP contribution in [-0.4, -0.2) is 78.1 Å². The van der Waals surface area contributed by atoms with E-state index < -0.39 is 27.8 Å². The Morgan fingerprint density at radius 2 is 1.32 bits per heavy atom. The van der Waals surface area contributed by atoms with E-state index in [1.54, 1.807) is 12.1 Å². The van der Waals surface area contributed by atoms with Crippen LogP contribution in [0.15, 0.2) is 89.8 Å². The second kappa shape index (κ2) is 16.1. The van der Waals surface area contributed by atoms with Crippen molar-refractivity contribution in [3.8, 4) is 22.6 Å². The van der Waals surface area contributed by atoms with E-state index in [1.165, 1.54) is 17.1 Å². The molecule has 4 atom stereocenters. The summed E-state index contributed by atoms with van der Waals surface area (Å²) in [6.07, 6.45) is 7.20. The van der Waals surface area contributed by atoms with Gasteiger partial charge in [0.1, 0.15) is 29.2 Å². The zero-order chi connectivity index (χ0) is 39.9. The molecule has 2 unspecified atom stereocenters. The molecule has 10 nitrogen and oxygen atoms in total. The maximum Gasteiger partial charge on any atom is 0.407 e. The Kier molecular flexibility index (Phi) is 11.2. The lowest BCUT2D eigenvalue weighted by Crippen LogP contribution is -2.60. The molecule has 1 saturated carbocycles. The molecule has 3 aliphatic heterocycles. The number of ether oxygens (including phenoxy) is 3. The van der Waals surface area contributed by atoms with Crippen LogP contribution in [0.2, 0.25) is 5.02 Å². The lowest BCUT2D eigenvalue weighted by molar-refractivity contribution is -0.142. The summed E-state index contributed by atoms with van der Waals surface area (Å²) in [5.74, 6) is 1.24. The number of benzene rings is 4. The maximum atomic E-state index is 14.9. The van der Waals surface area contributed by atoms with Crippen molar-refractivity contribution in [1.82, 2.24) is 14.5 Å². The first-order valence-electron chi connectivity index (χ1n) is 20.4. The molecule has 2 amide bonds. The molecule has 12 heteroatoms. The van der Waals surface area contributed by atoms with Crippen LogP contribution in [-0.2, 0) is 19.6 Å². The van der Waals surface area contributed by atoms with Gasteiger partial charge in [0.2, 0.25) is 15.9 Å². The fourth-order valence-corrected chi connectivity index (χ4v) is 10.9. The van der Waals surface area contributed by atoms with Gasteiger partial charge in [-0.1, -0.05) is 48.0 Å². The maximum absolute atomic E-state index is 14.9. The number of nitrogens with zero attached hydrogens (tertiary/aromatic N) is 2. The lowest BCUT2D eigenvalue weighted by Gasteiger charge is -2.44. The van der Waals surface area contributed by atoms with E-state index in [-0.39, 0.29) is 54.1 Å². The first-order valence-corrected chi connectivity index (χ1v) is 22.2. The van der Waals surface area contributed by atoms with Gasteiger partial charge in [0.05, 0.1) is 11.0 Å². The van der Waals surface area contributed by atoms with Crippen LogP contribution in [0, 0.1) is 0 Å². The number of alkyl carbamates (subject to hydrolysis) is 1. The largest absolute Gasteiger partial charge is 0.490 e. The van der Waals surface area contributed by atoms with Crippen LogP contribution in [0.4, 0.5) is 4.79 Å². The number of rotatable bonds is 9. The SMILES string of the molecule is CC(C)(C)OC(=O)NC1CC2CCC(C1)N2C(=O)[C@@H]1C[C@@H](Oc2ccc(-c3ccc(Cl)cc3)cc2)CCN1S(=O)(=O)c1ccc2cc(OC3CCCC3)ccc2c1. The Morgan fingerprint density at radius 1 is 0.719 bits per heavy atom. The second-order valence-corrected chi connectivity index (χ2v) is 19.4. The first kappa shape index (κ1) is 39.5. The average molecular weight is 814 g/mol. The molecular weight excluding hydrogens is 762 g/mol. The van der Waals surface area contributed by atoms with E-state index >= 15 is 0 Å². The second-order valence-electron chi connectivity index (χ2n) is 17.1. The molecule has 3 saturated heterocycles. The van der Waals surface area contributed by atoms with Gasteiger partial charge in [-0.25, -0.2) is 13.2 Å². The van der Waals surface area contributed by atoms with Crippen LogP contribution < -0.4 is 14.8 Å². The predicted octanol–water partition coefficient (Wildman–Crippen LogP) is 9.13. The Hall–Kier alpha value is -4.32. The third-order valence-corrected chi connectivity index (χ3v) is 14.0. The number of hydrogen-bond donors (Lipinski definition) is 1. The fraction of sp³-hybridized carbons (Fsp3) is 0.467. The average Bonchev–Trinajstić information content (AvgIpc) is 3.79.